The number of alkyl carbamates (subject to hydrolysis) is 1. The lowest BCUT2D eigenvalue weighted by Gasteiger charge is -2.27. The third-order valence-electron chi connectivity index (χ3n) is 5.33. The van der Waals surface area contributed by atoms with Crippen LogP contribution in [0.1, 0.15) is 53.5 Å². The Labute approximate surface area is 221 Å². The molecule has 3 rings (SSSR count). The number of nitriles is 1. The van der Waals surface area contributed by atoms with Crippen LogP contribution in [-0.4, -0.2) is 50.1 Å². The maximum atomic E-state index is 14.9. The Hall–Kier alpha value is -4.40. The molecular formula is C26H33FN8O3. The summed E-state index contributed by atoms with van der Waals surface area (Å²) in [6.45, 7) is 11.3. The van der Waals surface area contributed by atoms with E-state index in [0.29, 0.717) is 30.3 Å². The van der Waals surface area contributed by atoms with Crippen LogP contribution in [0.25, 0.3) is 5.69 Å². The normalized spacial score (nSPS) is 12.7. The minimum Gasteiger partial charge on any atom is -0.476 e. The van der Waals surface area contributed by atoms with Gasteiger partial charge in [0.15, 0.2) is 17.5 Å². The zero-order valence-electron chi connectivity index (χ0n) is 22.4. The van der Waals surface area contributed by atoms with Crippen LogP contribution in [0.5, 0.6) is 5.88 Å². The molecule has 3 heterocycles. The van der Waals surface area contributed by atoms with E-state index < -0.39 is 23.6 Å². The summed E-state index contributed by atoms with van der Waals surface area (Å²) in [5.41, 5.74) is 0.435. The first-order valence-electron chi connectivity index (χ1n) is 12.3. The molecule has 0 aliphatic rings. The summed E-state index contributed by atoms with van der Waals surface area (Å²) in [6.07, 6.45) is 4.89. The van der Waals surface area contributed by atoms with Gasteiger partial charge in [-0.05, 0) is 59.2 Å². The Morgan fingerprint density at radius 1 is 1.26 bits per heavy atom. The van der Waals surface area contributed by atoms with Crippen LogP contribution in [-0.2, 0) is 4.74 Å². The molecule has 3 aromatic heterocycles. The number of pyridine rings is 2. The number of anilines is 3. The van der Waals surface area contributed by atoms with Crippen molar-refractivity contribution in [1.82, 2.24) is 25.1 Å². The van der Waals surface area contributed by atoms with Gasteiger partial charge in [-0.25, -0.2) is 23.8 Å². The van der Waals surface area contributed by atoms with E-state index in [2.05, 4.69) is 31.0 Å². The zero-order valence-corrected chi connectivity index (χ0v) is 22.4. The number of hydrogen-bond acceptors (Lipinski definition) is 9. The van der Waals surface area contributed by atoms with E-state index >= 15 is 0 Å². The number of halogens is 1. The lowest BCUT2D eigenvalue weighted by molar-refractivity contribution is 0.0503. The van der Waals surface area contributed by atoms with Gasteiger partial charge in [-0.3, -0.25) is 0 Å². The Morgan fingerprint density at radius 2 is 2.03 bits per heavy atom. The van der Waals surface area contributed by atoms with Crippen molar-refractivity contribution in [3.05, 3.63) is 48.2 Å². The van der Waals surface area contributed by atoms with Gasteiger partial charge in [0, 0.05) is 24.5 Å². The van der Waals surface area contributed by atoms with Crippen molar-refractivity contribution >= 4 is 23.4 Å². The van der Waals surface area contributed by atoms with Gasteiger partial charge in [-0.1, -0.05) is 6.92 Å². The topological polar surface area (TPSA) is 139 Å². The minimum absolute atomic E-state index is 0.00977. The van der Waals surface area contributed by atoms with Gasteiger partial charge >= 0.3 is 6.09 Å². The number of carbonyl (C=O) groups is 1. The van der Waals surface area contributed by atoms with Crippen molar-refractivity contribution in [3.8, 4) is 17.6 Å². The highest BCUT2D eigenvalue weighted by atomic mass is 19.1. The molecule has 0 aliphatic carbocycles. The molecule has 12 heteroatoms. The van der Waals surface area contributed by atoms with Gasteiger partial charge in [0.1, 0.15) is 17.4 Å². The molecule has 11 nitrogen and oxygen atoms in total. The summed E-state index contributed by atoms with van der Waals surface area (Å²) < 4.78 is 27.5. The molecule has 1 amide bonds. The second kappa shape index (κ2) is 12.2. The molecule has 2 atom stereocenters. The average molecular weight is 525 g/mol. The summed E-state index contributed by atoms with van der Waals surface area (Å²) in [7, 11) is 0. The second-order valence-electron chi connectivity index (χ2n) is 9.48. The first-order chi connectivity index (χ1) is 18.0. The van der Waals surface area contributed by atoms with Crippen molar-refractivity contribution in [2.75, 3.05) is 17.2 Å². The summed E-state index contributed by atoms with van der Waals surface area (Å²) in [6, 6.07) is 5.80. The predicted octanol–water partition coefficient (Wildman–Crippen LogP) is 4.92. The fraction of sp³-hybridized carbons (Fsp3) is 0.423. The van der Waals surface area contributed by atoms with Crippen LogP contribution in [0.3, 0.4) is 0 Å². The summed E-state index contributed by atoms with van der Waals surface area (Å²) in [5, 5.41) is 22.7. The molecule has 0 saturated carbocycles. The van der Waals surface area contributed by atoms with Crippen LogP contribution in [0.4, 0.5) is 26.5 Å². The Balaban J connectivity index is 1.86. The van der Waals surface area contributed by atoms with Crippen LogP contribution < -0.4 is 20.7 Å². The summed E-state index contributed by atoms with van der Waals surface area (Å²) >= 11 is 0. The molecule has 0 fully saturated rings. The van der Waals surface area contributed by atoms with Crippen LogP contribution in [0.15, 0.2) is 36.8 Å². The largest absolute Gasteiger partial charge is 0.476 e. The Kier molecular flexibility index (Phi) is 9.07. The van der Waals surface area contributed by atoms with Crippen molar-refractivity contribution in [3.63, 3.8) is 0 Å². The number of ether oxygens (including phenoxy) is 2. The number of nitrogens with zero attached hydrogens (tertiary/aromatic N) is 5. The van der Waals surface area contributed by atoms with Gasteiger partial charge in [0.2, 0.25) is 5.88 Å². The molecule has 0 bridgehead atoms. The molecule has 3 aromatic rings. The molecule has 0 aromatic carbocycles. The van der Waals surface area contributed by atoms with Gasteiger partial charge in [-0.2, -0.15) is 10.4 Å². The monoisotopic (exact) mass is 524 g/mol. The third kappa shape index (κ3) is 7.32. The van der Waals surface area contributed by atoms with E-state index in [1.54, 1.807) is 56.9 Å². The highest BCUT2D eigenvalue weighted by molar-refractivity contribution is 5.69. The van der Waals surface area contributed by atoms with E-state index in [0.717, 1.165) is 6.07 Å². The fourth-order valence-corrected chi connectivity index (χ4v) is 3.59. The lowest BCUT2D eigenvalue weighted by atomic mass is 10.1. The van der Waals surface area contributed by atoms with E-state index in [-0.39, 0.29) is 23.2 Å². The van der Waals surface area contributed by atoms with Crippen LogP contribution in [0.2, 0.25) is 0 Å². The molecule has 0 unspecified atom stereocenters. The van der Waals surface area contributed by atoms with E-state index in [1.807, 2.05) is 19.9 Å². The predicted molar refractivity (Wildman–Crippen MR) is 141 cm³/mol. The van der Waals surface area contributed by atoms with Crippen molar-refractivity contribution in [2.24, 2.45) is 0 Å². The van der Waals surface area contributed by atoms with Gasteiger partial charge in [-0.15, -0.1) is 0 Å². The molecular weight excluding hydrogens is 491 g/mol. The second-order valence-corrected chi connectivity index (χ2v) is 9.48. The number of rotatable bonds is 10. The number of hydrogen-bond donors (Lipinski definition) is 3. The highest BCUT2D eigenvalue weighted by Crippen LogP contribution is 2.28. The maximum absolute atomic E-state index is 14.9. The third-order valence-corrected chi connectivity index (χ3v) is 5.33. The minimum atomic E-state index is -0.697. The fourth-order valence-electron chi connectivity index (χ4n) is 3.59. The Bertz CT molecular complexity index is 1280. The van der Waals surface area contributed by atoms with E-state index in [9.17, 15) is 14.4 Å². The quantitative estimate of drug-likeness (QED) is 0.337. The molecule has 0 spiro atoms. The summed E-state index contributed by atoms with van der Waals surface area (Å²) in [5.74, 6) is -0.246. The molecule has 0 aliphatic heterocycles. The number of aromatic nitrogens is 4. The molecule has 3 N–H and O–H groups in total. The lowest BCUT2D eigenvalue weighted by Crippen LogP contribution is -2.46. The zero-order chi connectivity index (χ0) is 27.9. The molecule has 38 heavy (non-hydrogen) atoms. The van der Waals surface area contributed by atoms with Crippen LogP contribution in [0, 0.1) is 17.1 Å². The highest BCUT2D eigenvalue weighted by Gasteiger charge is 2.24. The Morgan fingerprint density at radius 3 is 2.63 bits per heavy atom. The SMILES string of the molecule is CCOc1ncc(Nc2nc(N[C@H](CC)[C@H](C)NC(=O)OC(C)(C)C)c(F)cc2C#N)cc1-n1cccn1. The van der Waals surface area contributed by atoms with E-state index in [1.165, 1.54) is 6.20 Å². The first-order valence-corrected chi connectivity index (χ1v) is 12.3. The van der Waals surface area contributed by atoms with Crippen molar-refractivity contribution in [2.45, 2.75) is 65.6 Å². The smallest absolute Gasteiger partial charge is 0.407 e. The molecule has 0 saturated heterocycles. The summed E-state index contributed by atoms with van der Waals surface area (Å²) in [4.78, 5) is 20.9. The van der Waals surface area contributed by atoms with Crippen molar-refractivity contribution < 1.29 is 18.7 Å². The number of amides is 1. The standard InChI is InChI=1S/C26H33FN8O3/c1-7-20(16(3)31-25(36)38-26(4,5)6)33-23-19(27)12-17(14-28)22(34-23)32-18-13-21(35-11-9-10-30-35)24(29-15-18)37-8-2/h9-13,15-16,20H,7-8H2,1-6H3,(H,31,36)(H2,32,33,34)/t16-,20+/m0/s1. The van der Waals surface area contributed by atoms with Crippen LogP contribution >= 0.6 is 0 Å². The first kappa shape index (κ1) is 28.2. The van der Waals surface area contributed by atoms with Gasteiger partial charge < -0.3 is 25.4 Å². The van der Waals surface area contributed by atoms with E-state index in [4.69, 9.17) is 9.47 Å². The average Bonchev–Trinajstić information content (AvgIpc) is 3.38. The van der Waals surface area contributed by atoms with Crippen molar-refractivity contribution in [1.29, 1.82) is 5.26 Å². The van der Waals surface area contributed by atoms with Gasteiger partial charge in [0.25, 0.3) is 0 Å². The van der Waals surface area contributed by atoms with Gasteiger partial charge in [0.05, 0.1) is 24.1 Å². The number of nitrogens with one attached hydrogen (secondary N) is 3. The molecule has 202 valence electrons. The molecule has 0 radical (unpaired) electrons. The maximum Gasteiger partial charge on any atom is 0.407 e. The number of carbonyl (C=O) groups excluding carboxylic acids is 1.